The fourth-order valence-electron chi connectivity index (χ4n) is 5.10. The van der Waals surface area contributed by atoms with Crippen molar-refractivity contribution < 1.29 is 20.1 Å². The zero-order valence-electron chi connectivity index (χ0n) is 24.9. The molecular formula is C32H65NO4. The van der Waals surface area contributed by atoms with E-state index in [0.717, 1.165) is 38.5 Å². The minimum Gasteiger partial charge on any atom is -0.394 e. The van der Waals surface area contributed by atoms with E-state index in [1.54, 1.807) is 0 Å². The van der Waals surface area contributed by atoms with Gasteiger partial charge in [0.2, 0.25) is 5.91 Å². The van der Waals surface area contributed by atoms with Crippen LogP contribution in [-0.2, 0) is 4.79 Å². The third kappa shape index (κ3) is 24.1. The van der Waals surface area contributed by atoms with Gasteiger partial charge in [-0.15, -0.1) is 0 Å². The number of aliphatic hydroxyl groups excluding tert-OH is 3. The second-order valence-corrected chi connectivity index (χ2v) is 11.4. The van der Waals surface area contributed by atoms with Crippen molar-refractivity contribution in [2.75, 3.05) is 6.61 Å². The Morgan fingerprint density at radius 3 is 1.30 bits per heavy atom. The van der Waals surface area contributed by atoms with Gasteiger partial charge in [0, 0.05) is 6.42 Å². The molecular weight excluding hydrogens is 462 g/mol. The second-order valence-electron chi connectivity index (χ2n) is 11.4. The Hall–Kier alpha value is -0.650. The molecule has 4 N–H and O–H groups in total. The molecule has 0 saturated heterocycles. The highest BCUT2D eigenvalue weighted by Gasteiger charge is 2.26. The van der Waals surface area contributed by atoms with Gasteiger partial charge in [-0.3, -0.25) is 4.79 Å². The number of amides is 1. The highest BCUT2D eigenvalue weighted by molar-refractivity contribution is 5.76. The predicted molar refractivity (Wildman–Crippen MR) is 158 cm³/mol. The van der Waals surface area contributed by atoms with Gasteiger partial charge in [-0.2, -0.15) is 0 Å². The van der Waals surface area contributed by atoms with Crippen LogP contribution in [0, 0.1) is 0 Å². The van der Waals surface area contributed by atoms with Gasteiger partial charge in [0.05, 0.1) is 18.8 Å². The number of rotatable bonds is 29. The van der Waals surface area contributed by atoms with Crippen LogP contribution in [0.2, 0.25) is 0 Å². The number of nitrogens with one attached hydrogen (secondary N) is 1. The number of carbonyl (C=O) groups is 1. The average Bonchev–Trinajstić information content (AvgIpc) is 2.90. The molecule has 0 spiro atoms. The van der Waals surface area contributed by atoms with Crippen LogP contribution in [0.1, 0.15) is 174 Å². The van der Waals surface area contributed by atoms with Gasteiger partial charge >= 0.3 is 0 Å². The van der Waals surface area contributed by atoms with Crippen molar-refractivity contribution in [3.8, 4) is 0 Å². The standard InChI is InChI=1S/C32H65NO4/c1-3-5-7-9-11-13-15-16-17-19-21-23-25-27-31(36)33-29(28-34)32(37)30(35)26-24-22-20-18-14-12-10-8-6-4-2/h29-30,32,34-35,37H,3-28H2,1-2H3,(H,33,36)/t29-,30+,32-/m0/s1. The molecule has 0 fully saturated rings. The summed E-state index contributed by atoms with van der Waals surface area (Å²) >= 11 is 0. The Morgan fingerprint density at radius 1 is 0.568 bits per heavy atom. The molecule has 37 heavy (non-hydrogen) atoms. The molecule has 5 heteroatoms. The van der Waals surface area contributed by atoms with Crippen LogP contribution < -0.4 is 5.32 Å². The summed E-state index contributed by atoms with van der Waals surface area (Å²) in [6.07, 6.45) is 27.6. The fraction of sp³-hybridized carbons (Fsp3) is 0.969. The summed E-state index contributed by atoms with van der Waals surface area (Å²) < 4.78 is 0. The lowest BCUT2D eigenvalue weighted by atomic mass is 9.99. The second kappa shape index (κ2) is 28.4. The molecule has 0 aliphatic rings. The molecule has 0 rings (SSSR count). The summed E-state index contributed by atoms with van der Waals surface area (Å²) in [4.78, 5) is 12.3. The van der Waals surface area contributed by atoms with Gasteiger partial charge in [0.15, 0.2) is 0 Å². The van der Waals surface area contributed by atoms with Crippen molar-refractivity contribution in [2.24, 2.45) is 0 Å². The van der Waals surface area contributed by atoms with E-state index >= 15 is 0 Å². The van der Waals surface area contributed by atoms with Gasteiger partial charge in [-0.1, -0.05) is 155 Å². The highest BCUT2D eigenvalue weighted by Crippen LogP contribution is 2.15. The van der Waals surface area contributed by atoms with E-state index in [1.807, 2.05) is 0 Å². The minimum atomic E-state index is -1.13. The van der Waals surface area contributed by atoms with Gasteiger partial charge in [0.25, 0.3) is 0 Å². The van der Waals surface area contributed by atoms with E-state index in [0.29, 0.717) is 12.8 Å². The largest absolute Gasteiger partial charge is 0.394 e. The molecule has 0 aromatic carbocycles. The molecule has 0 aliphatic heterocycles. The molecule has 5 nitrogen and oxygen atoms in total. The van der Waals surface area contributed by atoms with Gasteiger partial charge in [-0.05, 0) is 12.8 Å². The molecule has 222 valence electrons. The van der Waals surface area contributed by atoms with Crippen LogP contribution >= 0.6 is 0 Å². The first-order valence-corrected chi connectivity index (χ1v) is 16.3. The molecule has 0 saturated carbocycles. The molecule has 0 heterocycles. The first-order valence-electron chi connectivity index (χ1n) is 16.3. The monoisotopic (exact) mass is 527 g/mol. The Morgan fingerprint density at radius 2 is 0.919 bits per heavy atom. The summed E-state index contributed by atoms with van der Waals surface area (Å²) in [6.45, 7) is 4.14. The summed E-state index contributed by atoms with van der Waals surface area (Å²) in [5.74, 6) is -0.146. The van der Waals surface area contributed by atoms with E-state index < -0.39 is 18.2 Å². The number of carbonyl (C=O) groups excluding carboxylic acids is 1. The van der Waals surface area contributed by atoms with Crippen LogP contribution in [0.15, 0.2) is 0 Å². The molecule has 0 radical (unpaired) electrons. The van der Waals surface area contributed by atoms with Gasteiger partial charge in [-0.25, -0.2) is 0 Å². The van der Waals surface area contributed by atoms with Crippen molar-refractivity contribution in [3.63, 3.8) is 0 Å². The van der Waals surface area contributed by atoms with Crippen molar-refractivity contribution >= 4 is 5.91 Å². The summed E-state index contributed by atoms with van der Waals surface area (Å²) in [5.41, 5.74) is 0. The van der Waals surface area contributed by atoms with Crippen LogP contribution in [0.4, 0.5) is 0 Å². The van der Waals surface area contributed by atoms with Crippen molar-refractivity contribution in [3.05, 3.63) is 0 Å². The molecule has 0 bridgehead atoms. The quantitative estimate of drug-likeness (QED) is 0.0742. The fourth-order valence-corrected chi connectivity index (χ4v) is 5.10. The van der Waals surface area contributed by atoms with E-state index in [2.05, 4.69) is 19.2 Å². The number of unbranched alkanes of at least 4 members (excludes halogenated alkanes) is 21. The third-order valence-corrected chi connectivity index (χ3v) is 7.71. The Balaban J connectivity index is 3.71. The molecule has 0 unspecified atom stereocenters. The Labute approximate surface area is 230 Å². The van der Waals surface area contributed by atoms with Crippen LogP contribution in [0.3, 0.4) is 0 Å². The maximum Gasteiger partial charge on any atom is 0.220 e. The molecule has 0 aromatic heterocycles. The lowest BCUT2D eigenvalue weighted by Crippen LogP contribution is -2.50. The third-order valence-electron chi connectivity index (χ3n) is 7.71. The van der Waals surface area contributed by atoms with E-state index in [4.69, 9.17) is 0 Å². The van der Waals surface area contributed by atoms with Gasteiger partial charge < -0.3 is 20.6 Å². The lowest BCUT2D eigenvalue weighted by molar-refractivity contribution is -0.124. The van der Waals surface area contributed by atoms with Crippen molar-refractivity contribution in [1.82, 2.24) is 5.32 Å². The first-order chi connectivity index (χ1) is 18.1. The smallest absolute Gasteiger partial charge is 0.220 e. The summed E-state index contributed by atoms with van der Waals surface area (Å²) in [7, 11) is 0. The first kappa shape index (κ1) is 36.4. The van der Waals surface area contributed by atoms with Crippen molar-refractivity contribution in [1.29, 1.82) is 0 Å². The molecule has 0 aromatic rings. The van der Waals surface area contributed by atoms with E-state index in [9.17, 15) is 20.1 Å². The highest BCUT2D eigenvalue weighted by atomic mass is 16.3. The predicted octanol–water partition coefficient (Wildman–Crippen LogP) is 7.98. The molecule has 0 aliphatic carbocycles. The van der Waals surface area contributed by atoms with Gasteiger partial charge in [0.1, 0.15) is 6.10 Å². The normalized spacial score (nSPS) is 14.0. The molecule has 1 amide bonds. The zero-order chi connectivity index (χ0) is 27.4. The maximum atomic E-state index is 12.3. The Bertz CT molecular complexity index is 474. The minimum absolute atomic E-state index is 0.146. The van der Waals surface area contributed by atoms with Crippen LogP contribution in [0.25, 0.3) is 0 Å². The van der Waals surface area contributed by atoms with Crippen molar-refractivity contribution in [2.45, 2.75) is 193 Å². The zero-order valence-corrected chi connectivity index (χ0v) is 24.9. The number of aliphatic hydroxyl groups is 3. The average molecular weight is 528 g/mol. The topological polar surface area (TPSA) is 89.8 Å². The van der Waals surface area contributed by atoms with E-state index in [-0.39, 0.29) is 12.5 Å². The van der Waals surface area contributed by atoms with E-state index in [1.165, 1.54) is 109 Å². The SMILES string of the molecule is CCCCCCCCCCCCCCCC(=O)N[C@@H](CO)[C@H](O)[C@H](O)CCCCCCCCCCCC. The number of hydrogen-bond donors (Lipinski definition) is 4. The lowest BCUT2D eigenvalue weighted by Gasteiger charge is -2.26. The number of hydrogen-bond acceptors (Lipinski definition) is 4. The maximum absolute atomic E-state index is 12.3. The van der Waals surface area contributed by atoms with Crippen LogP contribution in [-0.4, -0.2) is 46.1 Å². The summed E-state index contributed by atoms with van der Waals surface area (Å²) in [6, 6.07) is -0.799. The Kier molecular flexibility index (Phi) is 27.9. The summed E-state index contributed by atoms with van der Waals surface area (Å²) in [5, 5.41) is 33.1. The van der Waals surface area contributed by atoms with Crippen LogP contribution in [0.5, 0.6) is 0 Å². The molecule has 3 atom stereocenters.